The van der Waals surface area contributed by atoms with Gasteiger partial charge in [0.2, 0.25) is 0 Å². The Morgan fingerprint density at radius 1 is 0.966 bits per heavy atom. The van der Waals surface area contributed by atoms with Crippen LogP contribution in [0.4, 0.5) is 5.69 Å². The lowest BCUT2D eigenvalue weighted by molar-refractivity contribution is -0.129. The monoisotopic (exact) mass is 828 g/mol. The van der Waals surface area contributed by atoms with Crippen LogP contribution in [-0.2, 0) is 33.1 Å². The summed E-state index contributed by atoms with van der Waals surface area (Å²) in [4.78, 5) is 26.0. The number of ketones is 2. The van der Waals surface area contributed by atoms with Gasteiger partial charge in [0, 0.05) is 46.7 Å². The summed E-state index contributed by atoms with van der Waals surface area (Å²) in [5, 5.41) is 52.5. The van der Waals surface area contributed by atoms with Crippen LogP contribution in [0.3, 0.4) is 0 Å². The number of hydrogen-bond acceptors (Lipinski definition) is 12. The summed E-state index contributed by atoms with van der Waals surface area (Å²) in [6.07, 6.45) is 6.74. The van der Waals surface area contributed by atoms with Gasteiger partial charge in [-0.1, -0.05) is 71.2 Å². The molecule has 10 nitrogen and oxygen atoms in total. The number of benzene rings is 4. The number of aliphatic hydroxyl groups is 2. The highest BCUT2D eigenvalue weighted by molar-refractivity contribution is 8.76. The molecule has 0 radical (unpaired) electrons. The highest BCUT2D eigenvalue weighted by atomic mass is 33.1. The average molecular weight is 829 g/mol. The van der Waals surface area contributed by atoms with Gasteiger partial charge in [0.25, 0.3) is 0 Å². The van der Waals surface area contributed by atoms with E-state index in [4.69, 9.17) is 9.47 Å². The second-order valence-corrected chi connectivity index (χ2v) is 18.7. The predicted octanol–water partition coefficient (Wildman–Crippen LogP) is 8.74. The van der Waals surface area contributed by atoms with Crippen molar-refractivity contribution in [2.75, 3.05) is 19.0 Å². The standard InChI is InChI=1S/C46H56N2O8S2/c1-27(50)24-47-39-17-11-31(20-32(39)25-49)46(48-33-6-4-3-5-7-33)56-42-23-35(52)15-9-29-12-18-40(53)45(55-2)44(29)36-16-10-28-8-14-34(51)22-37(28)38(36)26-57-58-43-19-13-30(42)21-41(43)54/h8,10-12,14,16-18,20,22,30,33,41-43,46-49,51,53-54H,3-7,9,13,15,19,21,23-26H2,1-2H3/t30-,41+,42-,43-,46?/m1/s1. The lowest BCUT2D eigenvalue weighted by atomic mass is 9.81. The molecule has 0 amide bonds. The minimum Gasteiger partial charge on any atom is -0.508 e. The highest BCUT2D eigenvalue weighted by Crippen LogP contribution is 2.48. The first kappa shape index (κ1) is 42.3. The molecule has 0 saturated heterocycles. The zero-order chi connectivity index (χ0) is 40.8. The zero-order valence-corrected chi connectivity index (χ0v) is 35.0. The Hall–Kier alpha value is -3.78. The maximum atomic E-state index is 14.3. The fourth-order valence-electron chi connectivity index (χ4n) is 8.96. The van der Waals surface area contributed by atoms with Crippen molar-refractivity contribution in [2.45, 2.75) is 120 Å². The van der Waals surface area contributed by atoms with Crippen molar-refractivity contribution in [3.8, 4) is 28.4 Å². The van der Waals surface area contributed by atoms with E-state index in [0.717, 1.165) is 77.1 Å². The normalized spacial score (nSPS) is 22.6. The van der Waals surface area contributed by atoms with E-state index in [2.05, 4.69) is 10.6 Å². The number of phenolic OH excluding ortho intramolecular Hbond substituents is 2. The second-order valence-electron chi connectivity index (χ2n) is 16.1. The lowest BCUT2D eigenvalue weighted by Gasteiger charge is -2.39. The SMILES string of the molecule is COc1c(O)ccc2c1-c1ccc3ccc(O)cc3c1CSS[C@@H]1CC[C@H](C[C@@H]1O)[C@H](OC(NC1CCCCC1)c1ccc(NCC(C)=O)c(CO)c1)CC(=O)CC2. The molecule has 58 heavy (non-hydrogen) atoms. The van der Waals surface area contributed by atoms with Gasteiger partial charge >= 0.3 is 0 Å². The molecule has 6 N–H and O–H groups in total. The molecule has 4 aromatic rings. The van der Waals surface area contributed by atoms with Gasteiger partial charge < -0.3 is 35.2 Å². The molecule has 4 aromatic carbocycles. The van der Waals surface area contributed by atoms with E-state index in [1.807, 2.05) is 42.5 Å². The molecule has 2 heterocycles. The zero-order valence-electron chi connectivity index (χ0n) is 33.4. The predicted molar refractivity (Wildman–Crippen MR) is 232 cm³/mol. The summed E-state index contributed by atoms with van der Waals surface area (Å²) >= 11 is 0. The molecular formula is C46H56N2O8S2. The number of fused-ring (bicyclic) bond motifs is 9. The quantitative estimate of drug-likeness (QED) is 0.0669. The van der Waals surface area contributed by atoms with Crippen molar-refractivity contribution in [3.05, 3.63) is 82.9 Å². The van der Waals surface area contributed by atoms with E-state index in [1.165, 1.54) is 20.5 Å². The number of hydrogen-bond donors (Lipinski definition) is 6. The minimum atomic E-state index is -0.600. The van der Waals surface area contributed by atoms with Gasteiger partial charge in [-0.15, -0.1) is 0 Å². The molecule has 8 rings (SSSR count). The number of ether oxygens (including phenoxy) is 2. The van der Waals surface area contributed by atoms with Crippen LogP contribution in [-0.4, -0.2) is 69.1 Å². The summed E-state index contributed by atoms with van der Waals surface area (Å²) in [5.41, 5.74) is 5.62. The van der Waals surface area contributed by atoms with Crippen LogP contribution in [0.25, 0.3) is 21.9 Å². The molecule has 2 fully saturated rings. The number of carbonyl (C=O) groups excluding carboxylic acids is 2. The van der Waals surface area contributed by atoms with Crippen LogP contribution >= 0.6 is 21.6 Å². The molecule has 310 valence electrons. The van der Waals surface area contributed by atoms with Crippen molar-refractivity contribution in [2.24, 2.45) is 5.92 Å². The Balaban J connectivity index is 1.24. The van der Waals surface area contributed by atoms with Crippen LogP contribution in [0.5, 0.6) is 17.2 Å². The van der Waals surface area contributed by atoms with Crippen LogP contribution < -0.4 is 15.4 Å². The first-order chi connectivity index (χ1) is 28.1. The summed E-state index contributed by atoms with van der Waals surface area (Å²) in [6, 6.07) is 18.9. The number of aliphatic hydroxyl groups excluding tert-OH is 2. The number of Topliss-reactive ketones (excluding diaryl/α,β-unsaturated/α-hetero) is 2. The number of anilines is 1. The average Bonchev–Trinajstić information content (AvgIpc) is 3.22. The number of carbonyl (C=O) groups is 2. The topological polar surface area (TPSA) is 158 Å². The van der Waals surface area contributed by atoms with E-state index in [-0.39, 0.29) is 66.3 Å². The van der Waals surface area contributed by atoms with Crippen molar-refractivity contribution >= 4 is 49.6 Å². The van der Waals surface area contributed by atoms with Gasteiger partial charge in [0.05, 0.1) is 32.5 Å². The molecule has 0 aromatic heterocycles. The van der Waals surface area contributed by atoms with Gasteiger partial charge in [-0.2, -0.15) is 0 Å². The third kappa shape index (κ3) is 9.97. The van der Waals surface area contributed by atoms with Crippen LogP contribution in [0.15, 0.2) is 60.7 Å². The molecule has 4 aliphatic rings. The molecule has 1 unspecified atom stereocenters. The summed E-state index contributed by atoms with van der Waals surface area (Å²) in [5.74, 6) is 1.04. The molecule has 12 heteroatoms. The highest BCUT2D eigenvalue weighted by Gasteiger charge is 2.37. The lowest BCUT2D eigenvalue weighted by Crippen LogP contribution is -2.42. The van der Waals surface area contributed by atoms with E-state index in [0.29, 0.717) is 35.6 Å². The van der Waals surface area contributed by atoms with Gasteiger partial charge in [-0.3, -0.25) is 14.9 Å². The third-order valence-corrected chi connectivity index (χ3v) is 14.9. The van der Waals surface area contributed by atoms with E-state index >= 15 is 0 Å². The van der Waals surface area contributed by atoms with Gasteiger partial charge in [0.1, 0.15) is 23.5 Å². The number of rotatable bonds is 10. The van der Waals surface area contributed by atoms with Crippen LogP contribution in [0.2, 0.25) is 0 Å². The Morgan fingerprint density at radius 2 is 1.78 bits per heavy atom. The van der Waals surface area contributed by atoms with Gasteiger partial charge in [-0.05, 0) is 115 Å². The largest absolute Gasteiger partial charge is 0.508 e. The number of phenols is 2. The van der Waals surface area contributed by atoms with E-state index < -0.39 is 18.4 Å². The molecule has 2 bridgehead atoms. The summed E-state index contributed by atoms with van der Waals surface area (Å²) in [7, 11) is 4.89. The minimum absolute atomic E-state index is 0.00314. The van der Waals surface area contributed by atoms with Crippen LogP contribution in [0.1, 0.15) is 99.6 Å². The van der Waals surface area contributed by atoms with E-state index in [1.54, 1.807) is 39.8 Å². The fourth-order valence-corrected chi connectivity index (χ4v) is 11.9. The first-order valence-electron chi connectivity index (χ1n) is 20.6. The van der Waals surface area contributed by atoms with Crippen LogP contribution in [0, 0.1) is 5.92 Å². The number of aromatic hydroxyl groups is 2. The van der Waals surface area contributed by atoms with E-state index in [9.17, 15) is 30.0 Å². The Bertz CT molecular complexity index is 2090. The maximum absolute atomic E-state index is 14.3. The smallest absolute Gasteiger partial charge is 0.168 e. The maximum Gasteiger partial charge on any atom is 0.168 e. The van der Waals surface area contributed by atoms with Crippen molar-refractivity contribution in [3.63, 3.8) is 0 Å². The van der Waals surface area contributed by atoms with Crippen molar-refractivity contribution in [1.82, 2.24) is 5.32 Å². The fraction of sp³-hybridized carbons (Fsp3) is 0.478. The van der Waals surface area contributed by atoms with Gasteiger partial charge in [-0.25, -0.2) is 0 Å². The molecule has 2 saturated carbocycles. The molecule has 2 aliphatic heterocycles. The first-order valence-corrected chi connectivity index (χ1v) is 23.0. The number of aryl methyl sites for hydroxylation is 1. The van der Waals surface area contributed by atoms with Crippen molar-refractivity contribution < 1.29 is 39.5 Å². The van der Waals surface area contributed by atoms with Crippen molar-refractivity contribution in [1.29, 1.82) is 0 Å². The summed E-state index contributed by atoms with van der Waals surface area (Å²) < 4.78 is 12.9. The Labute approximate surface area is 348 Å². The molecule has 0 spiro atoms. The molecule has 2 aliphatic carbocycles. The van der Waals surface area contributed by atoms with Gasteiger partial charge in [0.15, 0.2) is 11.5 Å². The Kier molecular flexibility index (Phi) is 14.3. The molecule has 5 atom stereocenters. The summed E-state index contributed by atoms with van der Waals surface area (Å²) in [6.45, 7) is 1.46. The number of nitrogens with one attached hydrogen (secondary N) is 2. The Morgan fingerprint density at radius 3 is 2.53 bits per heavy atom. The molecular weight excluding hydrogens is 773 g/mol. The second kappa shape index (κ2) is 19.5. The third-order valence-electron chi connectivity index (χ3n) is 12.1. The number of methoxy groups -OCH3 is 1.